The molecule has 136 valence electrons. The number of hydrogen-bond donors (Lipinski definition) is 2. The second kappa shape index (κ2) is 8.44. The van der Waals surface area contributed by atoms with Crippen LogP contribution in [0.2, 0.25) is 0 Å². The molecule has 0 spiro atoms. The maximum absolute atomic E-state index is 12.6. The second-order valence-electron chi connectivity index (χ2n) is 6.21. The van der Waals surface area contributed by atoms with Gasteiger partial charge in [0.1, 0.15) is 0 Å². The summed E-state index contributed by atoms with van der Waals surface area (Å²) in [5.41, 5.74) is 6.44. The molecule has 0 aromatic heterocycles. The van der Waals surface area contributed by atoms with Gasteiger partial charge in [-0.25, -0.2) is 0 Å². The zero-order chi connectivity index (χ0) is 17.0. The molecule has 1 fully saturated rings. The number of methoxy groups -OCH3 is 3. The van der Waals surface area contributed by atoms with Crippen molar-refractivity contribution in [2.24, 2.45) is 11.7 Å². The number of benzene rings is 1. The van der Waals surface area contributed by atoms with Crippen LogP contribution >= 0.6 is 12.4 Å². The largest absolute Gasteiger partial charge is 0.493 e. The zero-order valence-electron chi connectivity index (χ0n) is 14.7. The summed E-state index contributed by atoms with van der Waals surface area (Å²) >= 11 is 0. The molecule has 2 rings (SSSR count). The van der Waals surface area contributed by atoms with E-state index in [1.54, 1.807) is 33.5 Å². The van der Waals surface area contributed by atoms with Crippen LogP contribution in [0.25, 0.3) is 0 Å². The Morgan fingerprint density at radius 1 is 1.17 bits per heavy atom. The number of rotatable bonds is 5. The first-order valence-corrected chi connectivity index (χ1v) is 7.82. The molecule has 3 N–H and O–H groups in total. The SMILES string of the molecule is COc1cc(NC(=O)C2CCCCC2(C)N)cc(OC)c1OC.Cl. The third kappa shape index (κ3) is 4.24. The summed E-state index contributed by atoms with van der Waals surface area (Å²) in [6.07, 6.45) is 3.77. The summed E-state index contributed by atoms with van der Waals surface area (Å²) in [6.45, 7) is 1.95. The predicted octanol–water partition coefficient (Wildman–Crippen LogP) is 2.98. The smallest absolute Gasteiger partial charge is 0.229 e. The highest BCUT2D eigenvalue weighted by Gasteiger charge is 2.37. The maximum Gasteiger partial charge on any atom is 0.229 e. The zero-order valence-corrected chi connectivity index (χ0v) is 15.5. The monoisotopic (exact) mass is 358 g/mol. The molecule has 1 aliphatic rings. The fourth-order valence-electron chi connectivity index (χ4n) is 3.17. The van der Waals surface area contributed by atoms with Crippen molar-refractivity contribution in [3.63, 3.8) is 0 Å². The van der Waals surface area contributed by atoms with Crippen LogP contribution < -0.4 is 25.3 Å². The highest BCUT2D eigenvalue weighted by atomic mass is 35.5. The Morgan fingerprint density at radius 3 is 2.21 bits per heavy atom. The minimum absolute atomic E-state index is 0. The molecule has 1 aliphatic carbocycles. The fourth-order valence-corrected chi connectivity index (χ4v) is 3.17. The number of nitrogens with two attached hydrogens (primary N) is 1. The number of carbonyl (C=O) groups excluding carboxylic acids is 1. The Kier molecular flexibility index (Phi) is 7.17. The third-order valence-corrected chi connectivity index (χ3v) is 4.50. The second-order valence-corrected chi connectivity index (χ2v) is 6.21. The van der Waals surface area contributed by atoms with E-state index in [0.717, 1.165) is 25.7 Å². The van der Waals surface area contributed by atoms with E-state index in [1.165, 1.54) is 0 Å². The Labute approximate surface area is 149 Å². The average Bonchev–Trinajstić information content (AvgIpc) is 2.53. The van der Waals surface area contributed by atoms with Crippen molar-refractivity contribution in [1.82, 2.24) is 0 Å². The lowest BCUT2D eigenvalue weighted by atomic mass is 9.74. The lowest BCUT2D eigenvalue weighted by molar-refractivity contribution is -0.122. The van der Waals surface area contributed by atoms with E-state index >= 15 is 0 Å². The molecule has 0 aliphatic heterocycles. The normalized spacial score (nSPS) is 23.0. The number of halogens is 1. The molecule has 1 aromatic carbocycles. The Balaban J connectivity index is 0.00000288. The Hall–Kier alpha value is -1.66. The number of hydrogen-bond acceptors (Lipinski definition) is 5. The molecule has 1 saturated carbocycles. The molecule has 1 aromatic rings. The molecule has 7 heteroatoms. The highest BCUT2D eigenvalue weighted by Crippen LogP contribution is 2.40. The number of amides is 1. The van der Waals surface area contributed by atoms with Gasteiger partial charge in [0.05, 0.1) is 27.2 Å². The quantitative estimate of drug-likeness (QED) is 0.845. The van der Waals surface area contributed by atoms with E-state index in [0.29, 0.717) is 22.9 Å². The molecule has 0 heterocycles. The standard InChI is InChI=1S/C17H26N2O4.ClH/c1-17(18)8-6-5-7-12(17)16(20)19-11-9-13(21-2)15(23-4)14(10-11)22-3;/h9-10,12H,5-8,18H2,1-4H3,(H,19,20);1H. The number of ether oxygens (including phenoxy) is 3. The van der Waals surface area contributed by atoms with Crippen LogP contribution in [0.1, 0.15) is 32.6 Å². The summed E-state index contributed by atoms with van der Waals surface area (Å²) in [7, 11) is 4.63. The van der Waals surface area contributed by atoms with Gasteiger partial charge < -0.3 is 25.3 Å². The molecular formula is C17H27ClN2O4. The van der Waals surface area contributed by atoms with Gasteiger partial charge in [0.2, 0.25) is 11.7 Å². The first kappa shape index (κ1) is 20.4. The van der Waals surface area contributed by atoms with Crippen LogP contribution in [0, 0.1) is 5.92 Å². The van der Waals surface area contributed by atoms with Gasteiger partial charge in [0.25, 0.3) is 0 Å². The van der Waals surface area contributed by atoms with Crippen LogP contribution in [0.4, 0.5) is 5.69 Å². The minimum Gasteiger partial charge on any atom is -0.493 e. The molecule has 0 saturated heterocycles. The molecular weight excluding hydrogens is 332 g/mol. The van der Waals surface area contributed by atoms with E-state index in [9.17, 15) is 4.79 Å². The van der Waals surface area contributed by atoms with Crippen LogP contribution in [-0.2, 0) is 4.79 Å². The van der Waals surface area contributed by atoms with Crippen molar-refractivity contribution in [3.05, 3.63) is 12.1 Å². The van der Waals surface area contributed by atoms with Crippen LogP contribution in [0.5, 0.6) is 17.2 Å². The molecule has 0 bridgehead atoms. The summed E-state index contributed by atoms with van der Waals surface area (Å²) in [4.78, 5) is 12.6. The van der Waals surface area contributed by atoms with Gasteiger partial charge in [-0.05, 0) is 19.8 Å². The minimum atomic E-state index is -0.469. The van der Waals surface area contributed by atoms with Gasteiger partial charge in [-0.2, -0.15) is 0 Å². The number of carbonyl (C=O) groups is 1. The predicted molar refractivity (Wildman–Crippen MR) is 96.5 cm³/mol. The van der Waals surface area contributed by atoms with E-state index in [4.69, 9.17) is 19.9 Å². The summed E-state index contributed by atoms with van der Waals surface area (Å²) in [5.74, 6) is 1.23. The van der Waals surface area contributed by atoms with Crippen molar-refractivity contribution in [2.45, 2.75) is 38.1 Å². The Morgan fingerprint density at radius 2 is 1.75 bits per heavy atom. The molecule has 24 heavy (non-hydrogen) atoms. The van der Waals surface area contributed by atoms with Crippen molar-refractivity contribution in [1.29, 1.82) is 0 Å². The molecule has 2 unspecified atom stereocenters. The van der Waals surface area contributed by atoms with Crippen molar-refractivity contribution >= 4 is 24.0 Å². The maximum atomic E-state index is 12.6. The van der Waals surface area contributed by atoms with E-state index in [1.807, 2.05) is 6.92 Å². The fraction of sp³-hybridized carbons (Fsp3) is 0.588. The Bertz CT molecular complexity index is 553. The first-order valence-electron chi connectivity index (χ1n) is 7.82. The summed E-state index contributed by atoms with van der Waals surface area (Å²) in [6, 6.07) is 3.44. The van der Waals surface area contributed by atoms with Gasteiger partial charge in [-0.3, -0.25) is 4.79 Å². The third-order valence-electron chi connectivity index (χ3n) is 4.50. The topological polar surface area (TPSA) is 82.8 Å². The van der Waals surface area contributed by atoms with Crippen molar-refractivity contribution in [2.75, 3.05) is 26.6 Å². The highest BCUT2D eigenvalue weighted by molar-refractivity contribution is 5.94. The van der Waals surface area contributed by atoms with Crippen molar-refractivity contribution < 1.29 is 19.0 Å². The van der Waals surface area contributed by atoms with Gasteiger partial charge in [0, 0.05) is 23.4 Å². The molecule has 1 amide bonds. The van der Waals surface area contributed by atoms with E-state index < -0.39 is 5.54 Å². The van der Waals surface area contributed by atoms with Gasteiger partial charge >= 0.3 is 0 Å². The average molecular weight is 359 g/mol. The summed E-state index contributed by atoms with van der Waals surface area (Å²) < 4.78 is 15.9. The lowest BCUT2D eigenvalue weighted by Crippen LogP contribution is -2.51. The number of anilines is 1. The van der Waals surface area contributed by atoms with E-state index in [-0.39, 0.29) is 24.2 Å². The molecule has 2 atom stereocenters. The van der Waals surface area contributed by atoms with Crippen LogP contribution in [-0.4, -0.2) is 32.8 Å². The molecule has 6 nitrogen and oxygen atoms in total. The first-order chi connectivity index (χ1) is 10.9. The molecule has 0 radical (unpaired) electrons. The van der Waals surface area contributed by atoms with Gasteiger partial charge in [0.15, 0.2) is 11.5 Å². The summed E-state index contributed by atoms with van der Waals surface area (Å²) in [5, 5.41) is 2.93. The van der Waals surface area contributed by atoms with Gasteiger partial charge in [-0.15, -0.1) is 12.4 Å². The number of nitrogens with one attached hydrogen (secondary N) is 1. The van der Waals surface area contributed by atoms with Crippen molar-refractivity contribution in [3.8, 4) is 17.2 Å². The van der Waals surface area contributed by atoms with E-state index in [2.05, 4.69) is 5.32 Å². The van der Waals surface area contributed by atoms with Gasteiger partial charge in [-0.1, -0.05) is 12.8 Å². The van der Waals surface area contributed by atoms with Crippen LogP contribution in [0.3, 0.4) is 0 Å². The van der Waals surface area contributed by atoms with Crippen LogP contribution in [0.15, 0.2) is 12.1 Å². The lowest BCUT2D eigenvalue weighted by Gasteiger charge is -2.37.